The third-order valence-corrected chi connectivity index (χ3v) is 25.2. The van der Waals surface area contributed by atoms with Crippen molar-refractivity contribution in [3.63, 3.8) is 0 Å². The molecule has 1 aliphatic heterocycles. The monoisotopic (exact) mass is 457 g/mol. The summed E-state index contributed by atoms with van der Waals surface area (Å²) < 4.78 is 6.71. The van der Waals surface area contributed by atoms with E-state index >= 15 is 0 Å². The molecule has 0 N–H and O–H groups in total. The molecule has 1 aromatic heterocycles. The van der Waals surface area contributed by atoms with E-state index in [1.54, 1.807) is 18.3 Å². The maximum absolute atomic E-state index is 2.67. The fourth-order valence-corrected chi connectivity index (χ4v) is 24.3. The molecule has 0 bridgehead atoms. The zero-order chi connectivity index (χ0) is 17.3. The first-order valence-corrected chi connectivity index (χ1v) is 18.9. The number of rotatable bonds is 11. The van der Waals surface area contributed by atoms with Gasteiger partial charge in [-0.1, -0.05) is 0 Å². The van der Waals surface area contributed by atoms with Crippen LogP contribution in [0, 0.1) is 0 Å². The van der Waals surface area contributed by atoms with E-state index in [0.717, 1.165) is 0 Å². The van der Waals surface area contributed by atoms with Gasteiger partial charge in [-0.15, -0.1) is 0 Å². The van der Waals surface area contributed by atoms with Crippen molar-refractivity contribution >= 4 is 37.6 Å². The molecular formula is C21H39NSSn. The number of hydrogen-bond donors (Lipinski definition) is 0. The molecule has 0 amide bonds. The Labute approximate surface area is 159 Å². The summed E-state index contributed by atoms with van der Waals surface area (Å²) >= 11 is 0.0383. The van der Waals surface area contributed by atoms with E-state index in [1.807, 2.05) is 2.89 Å². The Morgan fingerprint density at radius 2 is 1.38 bits per heavy atom. The molecule has 0 spiro atoms. The molecule has 1 fully saturated rings. The molecule has 2 heterocycles. The van der Waals surface area contributed by atoms with Gasteiger partial charge in [0.15, 0.2) is 0 Å². The molecule has 0 radical (unpaired) electrons. The zero-order valence-electron chi connectivity index (χ0n) is 16.4. The van der Waals surface area contributed by atoms with Gasteiger partial charge in [-0.2, -0.15) is 0 Å². The summed E-state index contributed by atoms with van der Waals surface area (Å²) in [5, 5.41) is 1.59. The van der Waals surface area contributed by atoms with E-state index in [0.29, 0.717) is 0 Å². The number of hydrogen-bond acceptors (Lipinski definition) is 2. The Hall–Kier alpha value is 0.299. The van der Waals surface area contributed by atoms with Crippen molar-refractivity contribution < 1.29 is 0 Å². The van der Waals surface area contributed by atoms with Crippen LogP contribution in [0.15, 0.2) is 12.1 Å². The average Bonchev–Trinajstić information content (AvgIpc) is 3.13. The first-order valence-electron chi connectivity index (χ1n) is 10.6. The van der Waals surface area contributed by atoms with Crippen LogP contribution < -0.4 is 7.79 Å². The minimum atomic E-state index is -2.18. The molecule has 138 valence electrons. The molecule has 1 nitrogen and oxygen atoms in total. The summed E-state index contributed by atoms with van der Waals surface area (Å²) in [4.78, 5) is 2.67. The Morgan fingerprint density at radius 1 is 0.833 bits per heavy atom. The Kier molecular flexibility index (Phi) is 9.54. The first kappa shape index (κ1) is 20.6. The summed E-state index contributed by atoms with van der Waals surface area (Å²) in [5.74, 6) is 0. The molecule has 0 saturated carbocycles. The van der Waals surface area contributed by atoms with Crippen LogP contribution in [0.25, 0.3) is 0 Å². The van der Waals surface area contributed by atoms with Gasteiger partial charge in [0.25, 0.3) is 0 Å². The molecule has 0 aliphatic carbocycles. The van der Waals surface area contributed by atoms with Crippen LogP contribution in [0.4, 0.5) is 5.00 Å². The Bertz CT molecular complexity index is 429. The van der Waals surface area contributed by atoms with Crippen molar-refractivity contribution in [2.24, 2.45) is 0 Å². The van der Waals surface area contributed by atoms with Crippen molar-refractivity contribution in [3.8, 4) is 0 Å². The van der Waals surface area contributed by atoms with E-state index in [9.17, 15) is 0 Å². The third kappa shape index (κ3) is 5.65. The van der Waals surface area contributed by atoms with Crippen LogP contribution in [-0.4, -0.2) is 31.5 Å². The summed E-state index contributed by atoms with van der Waals surface area (Å²) in [7, 11) is 0. The third-order valence-electron chi connectivity index (χ3n) is 5.81. The van der Waals surface area contributed by atoms with Gasteiger partial charge >= 0.3 is 160 Å². The van der Waals surface area contributed by atoms with E-state index in [1.165, 1.54) is 70.9 Å². The molecule has 3 heteroatoms. The predicted octanol–water partition coefficient (Wildman–Crippen LogP) is 6.79. The molecule has 1 saturated heterocycles. The molecular weight excluding hydrogens is 417 g/mol. The fraction of sp³-hybridized carbons (Fsp3) is 0.810. The van der Waals surface area contributed by atoms with Crippen molar-refractivity contribution in [2.75, 3.05) is 18.0 Å². The first-order chi connectivity index (χ1) is 11.8. The molecule has 1 aliphatic rings. The van der Waals surface area contributed by atoms with Crippen LogP contribution >= 0.6 is 11.3 Å². The predicted molar refractivity (Wildman–Crippen MR) is 115 cm³/mol. The quantitative estimate of drug-likeness (QED) is 0.331. The molecule has 0 atom stereocenters. The van der Waals surface area contributed by atoms with Crippen LogP contribution in [0.5, 0.6) is 0 Å². The minimum absolute atomic E-state index is 1.29. The SMILES string of the molecule is CCC[CH2][Sn]([CH2]CCC)([CH2]CCC)[c]1ccc(N2CCCCC2)s1. The average molecular weight is 456 g/mol. The number of piperidine rings is 1. The van der Waals surface area contributed by atoms with Crippen molar-refractivity contribution in [1.82, 2.24) is 0 Å². The van der Waals surface area contributed by atoms with Gasteiger partial charge in [0.05, 0.1) is 0 Å². The van der Waals surface area contributed by atoms with Gasteiger partial charge in [-0.05, 0) is 0 Å². The molecule has 0 aromatic carbocycles. The number of anilines is 1. The normalized spacial score (nSPS) is 15.9. The maximum atomic E-state index is 2.67. The van der Waals surface area contributed by atoms with Crippen LogP contribution in [0.1, 0.15) is 78.6 Å². The number of nitrogens with zero attached hydrogens (tertiary/aromatic N) is 1. The van der Waals surface area contributed by atoms with Gasteiger partial charge in [-0.3, -0.25) is 0 Å². The van der Waals surface area contributed by atoms with E-state index in [2.05, 4.69) is 49.1 Å². The van der Waals surface area contributed by atoms with Crippen molar-refractivity contribution in [3.05, 3.63) is 12.1 Å². The molecule has 24 heavy (non-hydrogen) atoms. The molecule has 2 rings (SSSR count). The van der Waals surface area contributed by atoms with Crippen LogP contribution in [0.2, 0.25) is 13.3 Å². The molecule has 1 aromatic rings. The number of unbranched alkanes of at least 4 members (excludes halogenated alkanes) is 3. The van der Waals surface area contributed by atoms with Crippen molar-refractivity contribution in [1.29, 1.82) is 0 Å². The molecule has 0 unspecified atom stereocenters. The standard InChI is InChI=1S/C9H12NS.3C4H9.Sn/c1-2-6-10(7-3-1)9-5-4-8-11-9;3*1-3-4-2;/h4-5H,1-3,6-7H2;3*1,3-4H2,2H3;. The fourth-order valence-electron chi connectivity index (χ4n) is 4.19. The second kappa shape index (κ2) is 11.1. The van der Waals surface area contributed by atoms with Gasteiger partial charge in [0, 0.05) is 0 Å². The van der Waals surface area contributed by atoms with Gasteiger partial charge in [0.1, 0.15) is 0 Å². The summed E-state index contributed by atoms with van der Waals surface area (Å²) in [5.41, 5.74) is 0. The second-order valence-corrected chi connectivity index (χ2v) is 23.0. The Balaban J connectivity index is 2.20. The summed E-state index contributed by atoms with van der Waals surface area (Å²) in [6.07, 6.45) is 12.8. The number of thiophene rings is 1. The van der Waals surface area contributed by atoms with Gasteiger partial charge in [0.2, 0.25) is 0 Å². The van der Waals surface area contributed by atoms with Crippen LogP contribution in [0.3, 0.4) is 0 Å². The van der Waals surface area contributed by atoms with Crippen LogP contribution in [-0.2, 0) is 0 Å². The summed E-state index contributed by atoms with van der Waals surface area (Å²) in [6.45, 7) is 9.72. The van der Waals surface area contributed by atoms with Crippen molar-refractivity contribution in [2.45, 2.75) is 91.9 Å². The second-order valence-electron chi connectivity index (χ2n) is 7.78. The summed E-state index contributed by atoms with van der Waals surface area (Å²) in [6, 6.07) is 5.08. The Morgan fingerprint density at radius 3 is 1.88 bits per heavy atom. The zero-order valence-corrected chi connectivity index (χ0v) is 20.1. The van der Waals surface area contributed by atoms with E-state index < -0.39 is 18.4 Å². The van der Waals surface area contributed by atoms with E-state index in [4.69, 9.17) is 0 Å². The van der Waals surface area contributed by atoms with E-state index in [-0.39, 0.29) is 0 Å². The topological polar surface area (TPSA) is 3.24 Å². The van der Waals surface area contributed by atoms with Gasteiger partial charge in [-0.25, -0.2) is 0 Å². The van der Waals surface area contributed by atoms with Gasteiger partial charge < -0.3 is 0 Å².